The van der Waals surface area contributed by atoms with Gasteiger partial charge in [-0.2, -0.15) is 0 Å². The number of anilines is 1. The zero-order valence-corrected chi connectivity index (χ0v) is 10.7. The Morgan fingerprint density at radius 2 is 2.20 bits per heavy atom. The zero-order valence-electron chi connectivity index (χ0n) is 10.7. The summed E-state index contributed by atoms with van der Waals surface area (Å²) in [4.78, 5) is 22.1. The largest absolute Gasteiger partial charge is 0.351 e. The van der Waals surface area contributed by atoms with E-state index in [0.717, 1.165) is 5.82 Å². The molecule has 5 nitrogen and oxygen atoms in total. The van der Waals surface area contributed by atoms with Crippen molar-refractivity contribution in [3.8, 4) is 0 Å². The van der Waals surface area contributed by atoms with E-state index in [1.54, 1.807) is 24.7 Å². The van der Waals surface area contributed by atoms with Crippen LogP contribution in [0.4, 0.5) is 10.2 Å². The Hall–Kier alpha value is -2.50. The molecule has 1 fully saturated rings. The van der Waals surface area contributed by atoms with Crippen LogP contribution in [-0.2, 0) is 0 Å². The van der Waals surface area contributed by atoms with E-state index in [0.29, 0.717) is 18.7 Å². The second kappa shape index (κ2) is 5.24. The minimum Gasteiger partial charge on any atom is -0.351 e. The van der Waals surface area contributed by atoms with Crippen LogP contribution in [0.15, 0.2) is 42.9 Å². The molecule has 0 unspecified atom stereocenters. The lowest BCUT2D eigenvalue weighted by atomic mass is 10.1. The number of hydrogen-bond donors (Lipinski definition) is 1. The lowest BCUT2D eigenvalue weighted by Crippen LogP contribution is -2.59. The highest BCUT2D eigenvalue weighted by atomic mass is 19.1. The van der Waals surface area contributed by atoms with Crippen LogP contribution in [0.1, 0.15) is 10.4 Å². The molecule has 0 bridgehead atoms. The highest BCUT2D eigenvalue weighted by Crippen LogP contribution is 2.17. The van der Waals surface area contributed by atoms with Gasteiger partial charge < -0.3 is 10.2 Å². The minimum atomic E-state index is -0.410. The van der Waals surface area contributed by atoms with Gasteiger partial charge in [-0.1, -0.05) is 6.07 Å². The molecule has 1 aromatic heterocycles. The van der Waals surface area contributed by atoms with E-state index in [2.05, 4.69) is 15.3 Å². The Morgan fingerprint density at radius 3 is 2.90 bits per heavy atom. The number of halogens is 1. The molecule has 0 aliphatic carbocycles. The van der Waals surface area contributed by atoms with Gasteiger partial charge in [0.05, 0.1) is 12.2 Å². The van der Waals surface area contributed by atoms with Crippen molar-refractivity contribution in [3.05, 3.63) is 54.2 Å². The minimum absolute atomic E-state index is 0.0489. The zero-order chi connectivity index (χ0) is 13.9. The van der Waals surface area contributed by atoms with Crippen LogP contribution >= 0.6 is 0 Å². The number of rotatable bonds is 3. The summed E-state index contributed by atoms with van der Waals surface area (Å²) < 4.78 is 13.0. The van der Waals surface area contributed by atoms with Gasteiger partial charge in [-0.05, 0) is 18.2 Å². The number of aromatic nitrogens is 2. The first kappa shape index (κ1) is 12.5. The summed E-state index contributed by atoms with van der Waals surface area (Å²) in [6.07, 6.45) is 4.94. The van der Waals surface area contributed by atoms with Crippen molar-refractivity contribution in [1.82, 2.24) is 15.3 Å². The predicted molar refractivity (Wildman–Crippen MR) is 71.9 cm³/mol. The average molecular weight is 272 g/mol. The Morgan fingerprint density at radius 1 is 1.35 bits per heavy atom. The predicted octanol–water partition coefficient (Wildman–Crippen LogP) is 1.23. The van der Waals surface area contributed by atoms with Crippen LogP contribution in [0.2, 0.25) is 0 Å². The highest BCUT2D eigenvalue weighted by Gasteiger charge is 2.29. The summed E-state index contributed by atoms with van der Waals surface area (Å²) in [7, 11) is 0. The maximum Gasteiger partial charge on any atom is 0.251 e. The number of nitrogens with zero attached hydrogens (tertiary/aromatic N) is 3. The van der Waals surface area contributed by atoms with E-state index in [9.17, 15) is 9.18 Å². The molecule has 1 aliphatic heterocycles. The van der Waals surface area contributed by atoms with E-state index < -0.39 is 5.82 Å². The summed E-state index contributed by atoms with van der Waals surface area (Å²) in [6, 6.07) is 5.71. The molecule has 3 rings (SSSR count). The van der Waals surface area contributed by atoms with E-state index in [1.807, 2.05) is 4.90 Å². The molecule has 1 saturated heterocycles. The summed E-state index contributed by atoms with van der Waals surface area (Å²) in [5, 5.41) is 2.86. The first-order valence-corrected chi connectivity index (χ1v) is 6.30. The number of hydrogen-bond acceptors (Lipinski definition) is 4. The molecule has 1 amide bonds. The van der Waals surface area contributed by atoms with Gasteiger partial charge in [0.25, 0.3) is 5.91 Å². The third-order valence-corrected chi connectivity index (χ3v) is 3.18. The number of amides is 1. The normalized spacial score (nSPS) is 14.8. The molecule has 2 heterocycles. The number of nitrogens with one attached hydrogen (secondary N) is 1. The molecule has 1 N–H and O–H groups in total. The molecule has 0 atom stereocenters. The van der Waals surface area contributed by atoms with E-state index >= 15 is 0 Å². The standard InChI is InChI=1S/C14H13FN4O/c15-11-3-1-2-10(6-11)14(20)18-12-8-19(9-12)13-7-16-4-5-17-13/h1-7,12H,8-9H2,(H,18,20). The molecule has 1 aromatic carbocycles. The lowest BCUT2D eigenvalue weighted by molar-refractivity contribution is 0.0929. The van der Waals surface area contributed by atoms with Crippen molar-refractivity contribution < 1.29 is 9.18 Å². The first-order valence-electron chi connectivity index (χ1n) is 6.30. The van der Waals surface area contributed by atoms with Crippen LogP contribution in [0, 0.1) is 5.82 Å². The van der Waals surface area contributed by atoms with Gasteiger partial charge in [-0.3, -0.25) is 9.78 Å². The smallest absolute Gasteiger partial charge is 0.251 e. The van der Waals surface area contributed by atoms with Crippen LogP contribution < -0.4 is 10.2 Å². The number of carbonyl (C=O) groups is 1. The van der Waals surface area contributed by atoms with Crippen LogP contribution in [-0.4, -0.2) is 35.0 Å². The maximum absolute atomic E-state index is 13.0. The first-order chi connectivity index (χ1) is 9.72. The fraction of sp³-hybridized carbons (Fsp3) is 0.214. The number of carbonyl (C=O) groups excluding carboxylic acids is 1. The summed E-state index contributed by atoms with van der Waals surface area (Å²) in [6.45, 7) is 1.36. The van der Waals surface area contributed by atoms with Crippen LogP contribution in [0.25, 0.3) is 0 Å². The second-order valence-electron chi connectivity index (χ2n) is 4.65. The molecule has 0 spiro atoms. The maximum atomic E-state index is 13.0. The third-order valence-electron chi connectivity index (χ3n) is 3.18. The summed E-state index contributed by atoms with van der Waals surface area (Å²) >= 11 is 0. The Labute approximate surface area is 115 Å². The van der Waals surface area contributed by atoms with Crippen molar-refractivity contribution in [3.63, 3.8) is 0 Å². The van der Waals surface area contributed by atoms with Gasteiger partial charge in [-0.15, -0.1) is 0 Å². The van der Waals surface area contributed by atoms with Gasteiger partial charge in [0.1, 0.15) is 11.6 Å². The SMILES string of the molecule is O=C(NC1CN(c2cnccn2)C1)c1cccc(F)c1. The molecule has 102 valence electrons. The lowest BCUT2D eigenvalue weighted by Gasteiger charge is -2.40. The second-order valence-corrected chi connectivity index (χ2v) is 4.65. The van der Waals surface area contributed by atoms with Crippen molar-refractivity contribution in [2.75, 3.05) is 18.0 Å². The Kier molecular flexibility index (Phi) is 3.28. The van der Waals surface area contributed by atoms with Gasteiger partial charge in [0, 0.05) is 31.0 Å². The van der Waals surface area contributed by atoms with Gasteiger partial charge in [-0.25, -0.2) is 9.37 Å². The third kappa shape index (κ3) is 2.59. The topological polar surface area (TPSA) is 58.1 Å². The van der Waals surface area contributed by atoms with Crippen molar-refractivity contribution in [2.24, 2.45) is 0 Å². The summed E-state index contributed by atoms with van der Waals surface area (Å²) in [5.41, 5.74) is 0.336. The highest BCUT2D eigenvalue weighted by molar-refractivity contribution is 5.94. The molecule has 0 radical (unpaired) electrons. The Bertz CT molecular complexity index is 614. The van der Waals surface area contributed by atoms with E-state index in [4.69, 9.17) is 0 Å². The molecule has 0 saturated carbocycles. The monoisotopic (exact) mass is 272 g/mol. The molecule has 2 aromatic rings. The quantitative estimate of drug-likeness (QED) is 0.913. The van der Waals surface area contributed by atoms with Crippen molar-refractivity contribution in [1.29, 1.82) is 0 Å². The van der Waals surface area contributed by atoms with Crippen molar-refractivity contribution >= 4 is 11.7 Å². The molecule has 1 aliphatic rings. The van der Waals surface area contributed by atoms with Gasteiger partial charge in [0.2, 0.25) is 0 Å². The molecule has 6 heteroatoms. The van der Waals surface area contributed by atoms with E-state index in [1.165, 1.54) is 18.2 Å². The van der Waals surface area contributed by atoms with Crippen molar-refractivity contribution in [2.45, 2.75) is 6.04 Å². The summed E-state index contributed by atoms with van der Waals surface area (Å²) in [5.74, 6) is 0.129. The fourth-order valence-electron chi connectivity index (χ4n) is 2.11. The van der Waals surface area contributed by atoms with Gasteiger partial charge >= 0.3 is 0 Å². The molecule has 20 heavy (non-hydrogen) atoms. The van der Waals surface area contributed by atoms with E-state index in [-0.39, 0.29) is 11.9 Å². The average Bonchev–Trinajstić information content (AvgIpc) is 2.43. The molecular weight excluding hydrogens is 259 g/mol. The molecular formula is C14H13FN4O. The fourth-order valence-corrected chi connectivity index (χ4v) is 2.11. The van der Waals surface area contributed by atoms with Crippen LogP contribution in [0.3, 0.4) is 0 Å². The number of benzene rings is 1. The Balaban J connectivity index is 1.55. The van der Waals surface area contributed by atoms with Gasteiger partial charge in [0.15, 0.2) is 0 Å². The van der Waals surface area contributed by atoms with Crippen LogP contribution in [0.5, 0.6) is 0 Å².